The van der Waals surface area contributed by atoms with Crippen molar-refractivity contribution < 1.29 is 21.8 Å². The van der Waals surface area contributed by atoms with E-state index < -0.39 is 15.9 Å². The molecule has 0 bridgehead atoms. The summed E-state index contributed by atoms with van der Waals surface area (Å²) in [5, 5.41) is 2.94. The molecule has 2 rings (SSSR count). The minimum Gasteiger partial charge on any atom is -0.379 e. The van der Waals surface area contributed by atoms with Crippen molar-refractivity contribution in [1.82, 2.24) is 10.2 Å². The number of carbonyl (C=O) groups excluding carboxylic acids is 1. The second-order valence-corrected chi connectivity index (χ2v) is 8.65. The first kappa shape index (κ1) is 23.7. The molecule has 6 nitrogen and oxygen atoms in total. The topological polar surface area (TPSA) is 75.7 Å². The van der Waals surface area contributed by atoms with Crippen molar-refractivity contribution in [2.75, 3.05) is 6.54 Å². The van der Waals surface area contributed by atoms with Gasteiger partial charge < -0.3 is 14.4 Å². The van der Waals surface area contributed by atoms with Crippen LogP contribution in [-0.2, 0) is 16.7 Å². The van der Waals surface area contributed by atoms with Gasteiger partial charge in [-0.3, -0.25) is 0 Å². The smallest absolute Gasteiger partial charge is 0.339 e. The lowest BCUT2D eigenvalue weighted by Crippen LogP contribution is -2.44. The Morgan fingerprint density at radius 2 is 1.73 bits per heavy atom. The van der Waals surface area contributed by atoms with E-state index in [1.807, 2.05) is 13.8 Å². The van der Waals surface area contributed by atoms with Crippen LogP contribution in [0.25, 0.3) is 0 Å². The zero-order valence-electron chi connectivity index (χ0n) is 17.6. The molecule has 1 atom stereocenters. The number of nitrogens with one attached hydrogen (secondary N) is 1. The molecular formula is C22H29FN2O4S. The van der Waals surface area contributed by atoms with Gasteiger partial charge in [0.1, 0.15) is 16.5 Å². The van der Waals surface area contributed by atoms with Crippen LogP contribution >= 0.6 is 0 Å². The van der Waals surface area contributed by atoms with E-state index in [1.54, 1.807) is 29.2 Å². The molecule has 0 radical (unpaired) electrons. The number of amides is 2. The van der Waals surface area contributed by atoms with E-state index >= 15 is 0 Å². The number of hydrogen-bond donors (Lipinski definition) is 1. The molecule has 0 aliphatic rings. The average Bonchev–Trinajstić information content (AvgIpc) is 2.72. The predicted octanol–water partition coefficient (Wildman–Crippen LogP) is 4.70. The summed E-state index contributed by atoms with van der Waals surface area (Å²) < 4.78 is 42.8. The highest BCUT2D eigenvalue weighted by Crippen LogP contribution is 2.21. The van der Waals surface area contributed by atoms with Gasteiger partial charge in [0.15, 0.2) is 0 Å². The molecule has 0 aliphatic carbocycles. The van der Waals surface area contributed by atoms with E-state index in [-0.39, 0.29) is 22.7 Å². The Labute approximate surface area is 178 Å². The van der Waals surface area contributed by atoms with Crippen molar-refractivity contribution >= 4 is 16.1 Å². The molecule has 1 N–H and O–H groups in total. The van der Waals surface area contributed by atoms with Crippen LogP contribution in [0.1, 0.15) is 45.6 Å². The summed E-state index contributed by atoms with van der Waals surface area (Å²) in [5.74, 6) is -0.381. The molecule has 30 heavy (non-hydrogen) atoms. The van der Waals surface area contributed by atoms with Crippen LogP contribution < -0.4 is 9.50 Å². The summed E-state index contributed by atoms with van der Waals surface area (Å²) in [5.41, 5.74) is 0.854. The molecule has 0 saturated heterocycles. The van der Waals surface area contributed by atoms with Gasteiger partial charge in [-0.1, -0.05) is 32.4 Å². The van der Waals surface area contributed by atoms with Gasteiger partial charge in [-0.25, -0.2) is 9.18 Å². The second-order valence-electron chi connectivity index (χ2n) is 7.11. The Morgan fingerprint density at radius 3 is 2.30 bits per heavy atom. The van der Waals surface area contributed by atoms with E-state index in [4.69, 9.17) is 4.18 Å². The molecule has 0 aromatic heterocycles. The van der Waals surface area contributed by atoms with Crippen molar-refractivity contribution in [3.05, 3.63) is 59.9 Å². The van der Waals surface area contributed by atoms with Crippen LogP contribution in [0.5, 0.6) is 5.75 Å². The number of carbonyl (C=O) groups is 1. The summed E-state index contributed by atoms with van der Waals surface area (Å²) in [6, 6.07) is 10.9. The molecule has 2 aromatic rings. The number of benzene rings is 2. The fourth-order valence-electron chi connectivity index (χ4n) is 2.75. The second kappa shape index (κ2) is 11.0. The van der Waals surface area contributed by atoms with Crippen LogP contribution in [0.15, 0.2) is 53.4 Å². The molecule has 2 aromatic carbocycles. The molecule has 0 spiro atoms. The van der Waals surface area contributed by atoms with Gasteiger partial charge in [0, 0.05) is 19.1 Å². The predicted molar refractivity (Wildman–Crippen MR) is 114 cm³/mol. The summed E-state index contributed by atoms with van der Waals surface area (Å²) in [4.78, 5) is 14.2. The van der Waals surface area contributed by atoms with Gasteiger partial charge in [0.2, 0.25) is 0 Å². The van der Waals surface area contributed by atoms with Crippen molar-refractivity contribution in [3.63, 3.8) is 0 Å². The fraction of sp³-hybridized carbons (Fsp3) is 0.409. The molecule has 8 heteroatoms. The van der Waals surface area contributed by atoms with E-state index in [9.17, 15) is 17.6 Å². The zero-order valence-corrected chi connectivity index (χ0v) is 18.4. The summed E-state index contributed by atoms with van der Waals surface area (Å²) in [6.07, 6.45) is 2.75. The van der Waals surface area contributed by atoms with E-state index in [0.29, 0.717) is 13.1 Å². The van der Waals surface area contributed by atoms with Crippen LogP contribution in [0.2, 0.25) is 0 Å². The molecule has 0 unspecified atom stereocenters. The SMILES string of the molecule is CCCCNC(=O)N(Cc1ccc(OS(=O)(=O)c2ccc(F)cc2)cc1)[C@H](C)CC. The molecule has 0 heterocycles. The Morgan fingerprint density at radius 1 is 1.10 bits per heavy atom. The first-order valence-corrected chi connectivity index (χ1v) is 11.5. The minimum absolute atomic E-state index is 0.0569. The summed E-state index contributed by atoms with van der Waals surface area (Å²) in [7, 11) is -4.05. The van der Waals surface area contributed by atoms with Crippen LogP contribution in [0, 0.1) is 5.82 Å². The minimum atomic E-state index is -4.05. The lowest BCUT2D eigenvalue weighted by atomic mass is 10.1. The van der Waals surface area contributed by atoms with E-state index in [0.717, 1.165) is 49.1 Å². The van der Waals surface area contributed by atoms with Gasteiger partial charge in [-0.2, -0.15) is 8.42 Å². The molecule has 0 aliphatic heterocycles. The number of rotatable bonds is 10. The summed E-state index contributed by atoms with van der Waals surface area (Å²) >= 11 is 0. The van der Waals surface area contributed by atoms with Crippen LogP contribution in [0.4, 0.5) is 9.18 Å². The maximum Gasteiger partial charge on any atom is 0.339 e. The molecular weight excluding hydrogens is 407 g/mol. The van der Waals surface area contributed by atoms with Crippen molar-refractivity contribution in [1.29, 1.82) is 0 Å². The largest absolute Gasteiger partial charge is 0.379 e. The lowest BCUT2D eigenvalue weighted by molar-refractivity contribution is 0.173. The van der Waals surface area contributed by atoms with Crippen molar-refractivity contribution in [2.24, 2.45) is 0 Å². The Kier molecular flexibility index (Phi) is 8.65. The van der Waals surface area contributed by atoms with Gasteiger partial charge in [-0.05, 0) is 61.7 Å². The van der Waals surface area contributed by atoms with Gasteiger partial charge >= 0.3 is 16.1 Å². The van der Waals surface area contributed by atoms with Crippen LogP contribution in [-0.4, -0.2) is 31.9 Å². The average molecular weight is 437 g/mol. The number of nitrogens with zero attached hydrogens (tertiary/aromatic N) is 1. The Bertz CT molecular complexity index is 915. The highest BCUT2D eigenvalue weighted by atomic mass is 32.2. The number of hydrogen-bond acceptors (Lipinski definition) is 4. The van der Waals surface area contributed by atoms with Gasteiger partial charge in [-0.15, -0.1) is 0 Å². The summed E-state index contributed by atoms with van der Waals surface area (Å²) in [6.45, 7) is 7.12. The van der Waals surface area contributed by atoms with Crippen molar-refractivity contribution in [2.45, 2.75) is 57.5 Å². The Hall–Kier alpha value is -2.61. The normalized spacial score (nSPS) is 12.3. The third-order valence-corrected chi connectivity index (χ3v) is 6.04. The third-order valence-electron chi connectivity index (χ3n) is 4.77. The number of halogens is 1. The first-order chi connectivity index (χ1) is 14.3. The monoisotopic (exact) mass is 436 g/mol. The molecule has 0 fully saturated rings. The fourth-order valence-corrected chi connectivity index (χ4v) is 3.68. The highest BCUT2D eigenvalue weighted by Gasteiger charge is 2.20. The molecule has 0 saturated carbocycles. The third kappa shape index (κ3) is 6.73. The van der Waals surface area contributed by atoms with Crippen molar-refractivity contribution in [3.8, 4) is 5.75 Å². The lowest BCUT2D eigenvalue weighted by Gasteiger charge is -2.29. The van der Waals surface area contributed by atoms with Gasteiger partial charge in [0.05, 0.1) is 0 Å². The molecule has 2 amide bonds. The maximum atomic E-state index is 13.0. The molecule has 164 valence electrons. The van der Waals surface area contributed by atoms with Gasteiger partial charge in [0.25, 0.3) is 0 Å². The van der Waals surface area contributed by atoms with E-state index in [2.05, 4.69) is 12.2 Å². The van der Waals surface area contributed by atoms with Crippen LogP contribution in [0.3, 0.4) is 0 Å². The maximum absolute atomic E-state index is 13.0. The first-order valence-electron chi connectivity index (χ1n) is 10.1. The number of unbranched alkanes of at least 4 members (excludes halogenated alkanes) is 1. The highest BCUT2D eigenvalue weighted by molar-refractivity contribution is 7.87. The number of urea groups is 1. The Balaban J connectivity index is 2.07. The zero-order chi connectivity index (χ0) is 22.1. The quantitative estimate of drug-likeness (QED) is 0.433. The van der Waals surface area contributed by atoms with E-state index in [1.165, 1.54) is 0 Å². The standard InChI is InChI=1S/C22H29FN2O4S/c1-4-6-15-24-22(26)25(17(3)5-2)16-18-7-11-20(12-8-18)29-30(27,28)21-13-9-19(23)10-14-21/h7-14,17H,4-6,15-16H2,1-3H3,(H,24,26)/t17-/m1/s1.